The number of halogens is 1. The molecular formula is C13H26IN3OSi. The van der Waals surface area contributed by atoms with Crippen molar-refractivity contribution < 1.29 is 4.43 Å². The minimum atomic E-state index is -1.77. The van der Waals surface area contributed by atoms with Crippen molar-refractivity contribution in [1.82, 2.24) is 0 Å². The third-order valence-corrected chi connectivity index (χ3v) is 9.15. The van der Waals surface area contributed by atoms with Crippen LogP contribution in [0.15, 0.2) is 17.8 Å². The van der Waals surface area contributed by atoms with Crippen molar-refractivity contribution in [2.45, 2.75) is 63.9 Å². The Balaban J connectivity index is 4.74. The van der Waals surface area contributed by atoms with Gasteiger partial charge in [0.25, 0.3) is 0 Å². The van der Waals surface area contributed by atoms with Crippen LogP contribution in [-0.4, -0.2) is 24.9 Å². The fraction of sp³-hybridized carbons (Fsp3) is 0.846. The quantitative estimate of drug-likeness (QED) is 0.102. The van der Waals surface area contributed by atoms with Crippen LogP contribution >= 0.6 is 22.6 Å². The van der Waals surface area contributed by atoms with Crippen LogP contribution in [0.1, 0.15) is 33.6 Å². The lowest BCUT2D eigenvalue weighted by Crippen LogP contribution is -2.45. The first-order valence-corrected chi connectivity index (χ1v) is 11.0. The summed E-state index contributed by atoms with van der Waals surface area (Å²) in [5, 5.41) is 4.03. The number of alkyl halides is 1. The number of hydrogen-bond donors (Lipinski definition) is 0. The zero-order valence-corrected chi connectivity index (χ0v) is 15.8. The molecule has 0 aliphatic rings. The molecule has 0 spiro atoms. The average Bonchev–Trinajstić information content (AvgIpc) is 2.26. The Kier molecular flexibility index (Phi) is 8.27. The van der Waals surface area contributed by atoms with Gasteiger partial charge in [-0.15, -0.1) is 6.58 Å². The predicted molar refractivity (Wildman–Crippen MR) is 93.3 cm³/mol. The second-order valence-corrected chi connectivity index (χ2v) is 11.9. The smallest absolute Gasteiger partial charge is 0.192 e. The average molecular weight is 395 g/mol. The maximum atomic E-state index is 8.60. The van der Waals surface area contributed by atoms with Crippen LogP contribution in [0.4, 0.5) is 0 Å². The SMILES string of the molecule is C=CC[C@@H](C[C@H](CI)O[Si](C)(C)C(C)(C)C)N=[N+]=[N-]. The van der Waals surface area contributed by atoms with Gasteiger partial charge in [-0.05, 0) is 36.5 Å². The van der Waals surface area contributed by atoms with Crippen LogP contribution in [0.3, 0.4) is 0 Å². The van der Waals surface area contributed by atoms with E-state index in [-0.39, 0.29) is 17.2 Å². The van der Waals surface area contributed by atoms with Crippen LogP contribution in [0, 0.1) is 0 Å². The first kappa shape index (κ1) is 19.0. The number of azide groups is 1. The van der Waals surface area contributed by atoms with E-state index in [1.165, 1.54) is 0 Å². The van der Waals surface area contributed by atoms with Gasteiger partial charge in [0.1, 0.15) is 0 Å². The molecule has 0 N–H and O–H groups in total. The molecule has 0 rings (SSSR count). The van der Waals surface area contributed by atoms with E-state index in [1.807, 2.05) is 0 Å². The van der Waals surface area contributed by atoms with E-state index in [2.05, 4.69) is 73.1 Å². The first-order valence-electron chi connectivity index (χ1n) is 6.56. The third-order valence-electron chi connectivity index (χ3n) is 3.63. The minimum Gasteiger partial charge on any atom is -0.413 e. The minimum absolute atomic E-state index is 0.0490. The molecule has 4 nitrogen and oxygen atoms in total. The Bertz CT molecular complexity index is 335. The lowest BCUT2D eigenvalue weighted by molar-refractivity contribution is 0.187. The normalized spacial score (nSPS) is 15.5. The molecule has 0 aromatic heterocycles. The van der Waals surface area contributed by atoms with Gasteiger partial charge in [0.05, 0.1) is 6.10 Å². The van der Waals surface area contributed by atoms with Gasteiger partial charge in [0, 0.05) is 15.4 Å². The summed E-state index contributed by atoms with van der Waals surface area (Å²) in [4.78, 5) is 2.92. The first-order chi connectivity index (χ1) is 8.67. The zero-order valence-electron chi connectivity index (χ0n) is 12.7. The summed E-state index contributed by atoms with van der Waals surface area (Å²) in [6.45, 7) is 14.9. The molecule has 2 atom stereocenters. The van der Waals surface area contributed by atoms with E-state index in [1.54, 1.807) is 6.08 Å². The fourth-order valence-corrected chi connectivity index (χ4v) is 3.74. The topological polar surface area (TPSA) is 58.0 Å². The van der Waals surface area contributed by atoms with Crippen molar-refractivity contribution in [3.63, 3.8) is 0 Å². The van der Waals surface area contributed by atoms with E-state index in [4.69, 9.17) is 9.96 Å². The van der Waals surface area contributed by atoms with Crippen LogP contribution in [-0.2, 0) is 4.43 Å². The molecule has 0 saturated carbocycles. The van der Waals surface area contributed by atoms with E-state index in [0.29, 0.717) is 6.42 Å². The van der Waals surface area contributed by atoms with Crippen LogP contribution in [0.2, 0.25) is 18.1 Å². The van der Waals surface area contributed by atoms with Gasteiger partial charge in [-0.1, -0.05) is 54.6 Å². The highest BCUT2D eigenvalue weighted by Crippen LogP contribution is 2.38. The summed E-state index contributed by atoms with van der Waals surface area (Å²) in [5.74, 6) is 0. The highest BCUT2D eigenvalue weighted by Gasteiger charge is 2.39. The van der Waals surface area contributed by atoms with Crippen LogP contribution in [0.5, 0.6) is 0 Å². The van der Waals surface area contributed by atoms with E-state index < -0.39 is 8.32 Å². The van der Waals surface area contributed by atoms with Gasteiger partial charge in [-0.2, -0.15) is 0 Å². The summed E-state index contributed by atoms with van der Waals surface area (Å²) >= 11 is 2.34. The molecule has 0 aromatic carbocycles. The summed E-state index contributed by atoms with van der Waals surface area (Å²) < 4.78 is 7.30. The maximum absolute atomic E-state index is 8.60. The Morgan fingerprint density at radius 3 is 2.42 bits per heavy atom. The highest BCUT2D eigenvalue weighted by atomic mass is 127. The predicted octanol–water partition coefficient (Wildman–Crippen LogP) is 5.46. The maximum Gasteiger partial charge on any atom is 0.192 e. The van der Waals surface area contributed by atoms with Gasteiger partial charge in [-0.3, -0.25) is 0 Å². The van der Waals surface area contributed by atoms with Gasteiger partial charge in [-0.25, -0.2) is 0 Å². The molecular weight excluding hydrogens is 369 g/mol. The molecule has 0 aliphatic heterocycles. The van der Waals surface area contributed by atoms with Crippen LogP contribution < -0.4 is 0 Å². The number of hydrogen-bond acceptors (Lipinski definition) is 2. The second-order valence-electron chi connectivity index (χ2n) is 6.27. The van der Waals surface area contributed by atoms with Crippen molar-refractivity contribution in [2.75, 3.05) is 4.43 Å². The Morgan fingerprint density at radius 2 is 2.05 bits per heavy atom. The fourth-order valence-electron chi connectivity index (χ4n) is 1.50. The van der Waals surface area contributed by atoms with Crippen molar-refractivity contribution in [3.05, 3.63) is 23.1 Å². The lowest BCUT2D eigenvalue weighted by Gasteiger charge is -2.39. The molecule has 110 valence electrons. The van der Waals surface area contributed by atoms with Gasteiger partial charge < -0.3 is 4.43 Å². The molecule has 0 amide bonds. The molecule has 6 heteroatoms. The molecule has 0 unspecified atom stereocenters. The lowest BCUT2D eigenvalue weighted by atomic mass is 10.1. The van der Waals surface area contributed by atoms with Gasteiger partial charge in [0.2, 0.25) is 0 Å². The molecule has 19 heavy (non-hydrogen) atoms. The van der Waals surface area contributed by atoms with Crippen molar-refractivity contribution >= 4 is 30.9 Å². The molecule has 0 aliphatic carbocycles. The van der Waals surface area contributed by atoms with E-state index >= 15 is 0 Å². The number of rotatable bonds is 8. The Labute approximate surface area is 131 Å². The summed E-state index contributed by atoms with van der Waals surface area (Å²) in [6, 6.07) is -0.0490. The Morgan fingerprint density at radius 1 is 1.47 bits per heavy atom. The Hall–Kier alpha value is -0.0431. The third kappa shape index (κ3) is 6.79. The standard InChI is InChI=1S/C13H26IN3OSi/c1-7-8-11(16-17-15)9-12(10-14)18-19(5,6)13(2,3)4/h7,11-12H,1,8-10H2,2-6H3/t11-,12+/m0/s1. The summed E-state index contributed by atoms with van der Waals surface area (Å²) in [7, 11) is -1.77. The van der Waals surface area contributed by atoms with Crippen molar-refractivity contribution in [2.24, 2.45) is 5.11 Å². The highest BCUT2D eigenvalue weighted by molar-refractivity contribution is 14.1. The molecule has 0 saturated heterocycles. The van der Waals surface area contributed by atoms with Crippen molar-refractivity contribution in [1.29, 1.82) is 0 Å². The molecule has 0 fully saturated rings. The molecule has 0 bridgehead atoms. The van der Waals surface area contributed by atoms with Crippen molar-refractivity contribution in [3.8, 4) is 0 Å². The largest absolute Gasteiger partial charge is 0.413 e. The number of nitrogens with zero attached hydrogens (tertiary/aromatic N) is 3. The second kappa shape index (κ2) is 8.29. The van der Waals surface area contributed by atoms with E-state index in [9.17, 15) is 0 Å². The molecule has 0 heterocycles. The van der Waals surface area contributed by atoms with Crippen LogP contribution in [0.25, 0.3) is 10.4 Å². The molecule has 0 aromatic rings. The van der Waals surface area contributed by atoms with Gasteiger partial charge in [0.15, 0.2) is 8.32 Å². The van der Waals surface area contributed by atoms with E-state index in [0.717, 1.165) is 10.8 Å². The van der Waals surface area contributed by atoms with Gasteiger partial charge >= 0.3 is 0 Å². The summed E-state index contributed by atoms with van der Waals surface area (Å²) in [6.07, 6.45) is 3.43. The zero-order chi connectivity index (χ0) is 15.1. The molecule has 0 radical (unpaired) electrons. The monoisotopic (exact) mass is 395 g/mol. The summed E-state index contributed by atoms with van der Waals surface area (Å²) in [5.41, 5.74) is 8.60.